The van der Waals surface area contributed by atoms with Crippen molar-refractivity contribution in [1.82, 2.24) is 0 Å². The molecule has 0 aliphatic heterocycles. The lowest BCUT2D eigenvalue weighted by molar-refractivity contribution is 0.270. The molecular formula is C15H22. The molecule has 1 aromatic rings. The van der Waals surface area contributed by atoms with E-state index in [2.05, 4.69) is 45.9 Å². The quantitative estimate of drug-likeness (QED) is 0.639. The van der Waals surface area contributed by atoms with E-state index < -0.39 is 0 Å². The van der Waals surface area contributed by atoms with Crippen molar-refractivity contribution in [3.8, 4) is 0 Å². The van der Waals surface area contributed by atoms with Gasteiger partial charge < -0.3 is 0 Å². The molecule has 0 radical (unpaired) electrons. The zero-order valence-electron chi connectivity index (χ0n) is 10.4. The minimum Gasteiger partial charge on any atom is -0.0651 e. The summed E-state index contributed by atoms with van der Waals surface area (Å²) in [5.41, 5.74) is 4.95. The Kier molecular flexibility index (Phi) is 2.62. The molecule has 0 heteroatoms. The monoisotopic (exact) mass is 202 g/mol. The lowest BCUT2D eigenvalue weighted by Crippen LogP contribution is -2.33. The molecule has 82 valence electrons. The van der Waals surface area contributed by atoms with Crippen molar-refractivity contribution in [3.05, 3.63) is 34.9 Å². The van der Waals surface area contributed by atoms with Crippen LogP contribution < -0.4 is 0 Å². The van der Waals surface area contributed by atoms with Gasteiger partial charge in [0, 0.05) is 0 Å². The van der Waals surface area contributed by atoms with Crippen molar-refractivity contribution < 1.29 is 0 Å². The van der Waals surface area contributed by atoms with Crippen LogP contribution in [0.1, 0.15) is 50.3 Å². The smallest absolute Gasteiger partial charge is 0.00726 e. The van der Waals surface area contributed by atoms with Crippen LogP contribution in [0.15, 0.2) is 18.2 Å². The molecule has 2 rings (SSSR count). The topological polar surface area (TPSA) is 0 Å². The standard InChI is InChI=1S/C15H22/c1-5-13-8-7-12-10-11(2)6-9-14(12)15(13,3)4/h6,9-10,13H,5,7-8H2,1-4H3/t13-/m1/s1. The highest BCUT2D eigenvalue weighted by atomic mass is 14.4. The second-order valence-corrected chi connectivity index (χ2v) is 5.53. The Labute approximate surface area is 93.7 Å². The predicted molar refractivity (Wildman–Crippen MR) is 66.3 cm³/mol. The van der Waals surface area contributed by atoms with Gasteiger partial charge in [-0.05, 0) is 42.2 Å². The molecule has 0 nitrogen and oxygen atoms in total. The van der Waals surface area contributed by atoms with Crippen molar-refractivity contribution >= 4 is 0 Å². The Morgan fingerprint density at radius 2 is 2.07 bits per heavy atom. The normalized spacial score (nSPS) is 23.6. The summed E-state index contributed by atoms with van der Waals surface area (Å²) >= 11 is 0. The molecule has 1 aliphatic carbocycles. The first-order valence-corrected chi connectivity index (χ1v) is 6.15. The van der Waals surface area contributed by atoms with Crippen LogP contribution in [0.5, 0.6) is 0 Å². The summed E-state index contributed by atoms with van der Waals surface area (Å²) < 4.78 is 0. The molecule has 0 saturated heterocycles. The van der Waals surface area contributed by atoms with Crippen molar-refractivity contribution in [1.29, 1.82) is 0 Å². The van der Waals surface area contributed by atoms with Gasteiger partial charge in [0.1, 0.15) is 0 Å². The summed E-state index contributed by atoms with van der Waals surface area (Å²) in [7, 11) is 0. The molecule has 0 saturated carbocycles. The van der Waals surface area contributed by atoms with Gasteiger partial charge in [-0.1, -0.05) is 51.0 Å². The summed E-state index contributed by atoms with van der Waals surface area (Å²) in [6, 6.07) is 6.99. The Bertz CT molecular complexity index is 360. The summed E-state index contributed by atoms with van der Waals surface area (Å²) in [4.78, 5) is 0. The summed E-state index contributed by atoms with van der Waals surface area (Å²) in [5, 5.41) is 0. The Morgan fingerprint density at radius 3 is 2.73 bits per heavy atom. The SMILES string of the molecule is CC[C@@H]1CCc2cc(C)ccc2C1(C)C. The van der Waals surface area contributed by atoms with Gasteiger partial charge >= 0.3 is 0 Å². The average Bonchev–Trinajstić information content (AvgIpc) is 2.17. The summed E-state index contributed by atoms with van der Waals surface area (Å²) in [6.07, 6.45) is 3.94. The molecular weight excluding hydrogens is 180 g/mol. The molecule has 0 N–H and O–H groups in total. The van der Waals surface area contributed by atoms with E-state index >= 15 is 0 Å². The van der Waals surface area contributed by atoms with Gasteiger partial charge in [0.05, 0.1) is 0 Å². The van der Waals surface area contributed by atoms with E-state index in [1.807, 2.05) is 0 Å². The molecule has 0 bridgehead atoms. The molecule has 15 heavy (non-hydrogen) atoms. The highest BCUT2D eigenvalue weighted by molar-refractivity contribution is 5.39. The number of aryl methyl sites for hydroxylation is 2. The van der Waals surface area contributed by atoms with Crippen molar-refractivity contribution in [2.45, 2.75) is 52.4 Å². The van der Waals surface area contributed by atoms with Crippen LogP contribution in [0.2, 0.25) is 0 Å². The molecule has 0 heterocycles. The number of benzene rings is 1. The van der Waals surface area contributed by atoms with Crippen molar-refractivity contribution in [3.63, 3.8) is 0 Å². The first kappa shape index (κ1) is 10.7. The van der Waals surface area contributed by atoms with Gasteiger partial charge in [-0.2, -0.15) is 0 Å². The zero-order valence-corrected chi connectivity index (χ0v) is 10.4. The molecule has 0 fully saturated rings. The lowest BCUT2D eigenvalue weighted by Gasteiger charge is -2.40. The predicted octanol–water partition coefficient (Wildman–Crippen LogP) is 4.25. The second-order valence-electron chi connectivity index (χ2n) is 5.53. The third kappa shape index (κ3) is 1.71. The fourth-order valence-electron chi connectivity index (χ4n) is 3.18. The van der Waals surface area contributed by atoms with Crippen LogP contribution in [-0.2, 0) is 11.8 Å². The fraction of sp³-hybridized carbons (Fsp3) is 0.600. The molecule has 1 atom stereocenters. The van der Waals surface area contributed by atoms with Crippen LogP contribution in [0.4, 0.5) is 0 Å². The van der Waals surface area contributed by atoms with E-state index in [1.54, 1.807) is 11.1 Å². The number of hydrogen-bond acceptors (Lipinski definition) is 0. The minimum atomic E-state index is 0.371. The van der Waals surface area contributed by atoms with Gasteiger partial charge in [0.25, 0.3) is 0 Å². The van der Waals surface area contributed by atoms with E-state index in [9.17, 15) is 0 Å². The third-order valence-electron chi connectivity index (χ3n) is 4.23. The largest absolute Gasteiger partial charge is 0.0651 e. The number of rotatable bonds is 1. The summed E-state index contributed by atoms with van der Waals surface area (Å²) in [6.45, 7) is 9.34. The lowest BCUT2D eigenvalue weighted by atomic mass is 9.64. The Balaban J connectivity index is 2.47. The maximum Gasteiger partial charge on any atom is -0.00726 e. The van der Waals surface area contributed by atoms with E-state index in [-0.39, 0.29) is 0 Å². The van der Waals surface area contributed by atoms with Gasteiger partial charge in [-0.25, -0.2) is 0 Å². The van der Waals surface area contributed by atoms with Gasteiger partial charge in [0.15, 0.2) is 0 Å². The van der Waals surface area contributed by atoms with E-state index in [1.165, 1.54) is 24.8 Å². The fourth-order valence-corrected chi connectivity index (χ4v) is 3.18. The van der Waals surface area contributed by atoms with Crippen molar-refractivity contribution in [2.75, 3.05) is 0 Å². The maximum atomic E-state index is 2.41. The van der Waals surface area contributed by atoms with Crippen LogP contribution in [0, 0.1) is 12.8 Å². The van der Waals surface area contributed by atoms with E-state index in [0.29, 0.717) is 5.41 Å². The number of hydrogen-bond donors (Lipinski definition) is 0. The minimum absolute atomic E-state index is 0.371. The summed E-state index contributed by atoms with van der Waals surface area (Å²) in [5.74, 6) is 0.854. The first-order valence-electron chi connectivity index (χ1n) is 6.15. The van der Waals surface area contributed by atoms with Crippen LogP contribution >= 0.6 is 0 Å². The van der Waals surface area contributed by atoms with Gasteiger partial charge in [-0.15, -0.1) is 0 Å². The highest BCUT2D eigenvalue weighted by Crippen LogP contribution is 2.42. The molecule has 0 amide bonds. The molecule has 0 spiro atoms. The zero-order chi connectivity index (χ0) is 11.1. The van der Waals surface area contributed by atoms with E-state index in [4.69, 9.17) is 0 Å². The molecule has 0 unspecified atom stereocenters. The average molecular weight is 202 g/mol. The van der Waals surface area contributed by atoms with Gasteiger partial charge in [0.2, 0.25) is 0 Å². The first-order chi connectivity index (χ1) is 7.05. The van der Waals surface area contributed by atoms with Crippen LogP contribution in [-0.4, -0.2) is 0 Å². The molecule has 1 aliphatic rings. The Hall–Kier alpha value is -0.780. The molecule has 0 aromatic heterocycles. The maximum absolute atomic E-state index is 2.41. The molecule has 1 aromatic carbocycles. The van der Waals surface area contributed by atoms with E-state index in [0.717, 1.165) is 5.92 Å². The number of fused-ring (bicyclic) bond motifs is 1. The van der Waals surface area contributed by atoms with Crippen LogP contribution in [0.3, 0.4) is 0 Å². The van der Waals surface area contributed by atoms with Crippen molar-refractivity contribution in [2.24, 2.45) is 5.92 Å². The van der Waals surface area contributed by atoms with Crippen LogP contribution in [0.25, 0.3) is 0 Å². The third-order valence-corrected chi connectivity index (χ3v) is 4.23. The highest BCUT2D eigenvalue weighted by Gasteiger charge is 2.34. The van der Waals surface area contributed by atoms with Gasteiger partial charge in [-0.3, -0.25) is 0 Å². The second kappa shape index (κ2) is 3.66. The Morgan fingerprint density at radius 1 is 1.33 bits per heavy atom.